The van der Waals surface area contributed by atoms with Crippen molar-refractivity contribution in [2.45, 2.75) is 18.6 Å². The summed E-state index contributed by atoms with van der Waals surface area (Å²) in [5.41, 5.74) is 2.78. The van der Waals surface area contributed by atoms with Gasteiger partial charge in [0.15, 0.2) is 0 Å². The van der Waals surface area contributed by atoms with Crippen molar-refractivity contribution < 1.29 is 0 Å². The number of benzene rings is 2. The Balaban J connectivity index is 1.50. The molecule has 3 aromatic rings. The van der Waals surface area contributed by atoms with Gasteiger partial charge in [0.05, 0.1) is 6.20 Å². The zero-order chi connectivity index (χ0) is 14.5. The molecule has 2 nitrogen and oxygen atoms in total. The minimum absolute atomic E-state index is 1.09. The molecule has 0 spiro atoms. The molecule has 0 saturated carbocycles. The lowest BCUT2D eigenvalue weighted by Gasteiger charge is -2.06. The van der Waals surface area contributed by atoms with Crippen LogP contribution in [0.1, 0.15) is 17.5 Å². The molecule has 0 unspecified atom stereocenters. The van der Waals surface area contributed by atoms with E-state index in [1.807, 2.05) is 29.7 Å². The first-order chi connectivity index (χ1) is 10.3. The highest BCUT2D eigenvalue weighted by Crippen LogP contribution is 2.23. The first kappa shape index (κ1) is 14.2. The second-order valence-corrected chi connectivity index (χ2v) is 6.42. The van der Waals surface area contributed by atoms with Gasteiger partial charge in [-0.15, -0.1) is 0 Å². The van der Waals surface area contributed by atoms with E-state index < -0.39 is 0 Å². The molecule has 21 heavy (non-hydrogen) atoms. The van der Waals surface area contributed by atoms with E-state index in [0.717, 1.165) is 12.2 Å². The normalized spacial score (nSPS) is 11.1. The molecule has 0 radical (unpaired) electrons. The summed E-state index contributed by atoms with van der Waals surface area (Å²) in [6, 6.07) is 15.2. The maximum Gasteiger partial charge on any atom is 0.0521 e. The molecule has 0 atom stereocenters. The van der Waals surface area contributed by atoms with Crippen molar-refractivity contribution in [1.29, 1.82) is 0 Å². The molecule has 3 heteroatoms. The first-order valence-electron chi connectivity index (χ1n) is 7.35. The number of hydrogen-bond acceptors (Lipinski definition) is 2. The highest BCUT2D eigenvalue weighted by molar-refractivity contribution is 7.98. The van der Waals surface area contributed by atoms with Crippen LogP contribution in [0.2, 0.25) is 0 Å². The second-order valence-electron chi connectivity index (χ2n) is 5.32. The van der Waals surface area contributed by atoms with Crippen LogP contribution in [0.5, 0.6) is 0 Å². The van der Waals surface area contributed by atoms with E-state index in [0.29, 0.717) is 0 Å². The summed E-state index contributed by atoms with van der Waals surface area (Å²) < 4.78 is 1.87. The fourth-order valence-corrected chi connectivity index (χ4v) is 3.54. The molecule has 2 aromatic carbocycles. The molecule has 0 saturated heterocycles. The van der Waals surface area contributed by atoms with E-state index >= 15 is 0 Å². The summed E-state index contributed by atoms with van der Waals surface area (Å²) in [5, 5.41) is 6.93. The summed E-state index contributed by atoms with van der Waals surface area (Å²) in [7, 11) is 1.97. The van der Waals surface area contributed by atoms with Crippen LogP contribution in [-0.4, -0.2) is 15.5 Å². The van der Waals surface area contributed by atoms with Crippen molar-refractivity contribution in [3.05, 3.63) is 66.0 Å². The SMILES string of the molecule is Cn1cc(CCCSCc2cccc3ccccc23)cn1. The second kappa shape index (κ2) is 6.81. The number of hydrogen-bond donors (Lipinski definition) is 0. The Labute approximate surface area is 130 Å². The third-order valence-corrected chi connectivity index (χ3v) is 4.74. The summed E-state index contributed by atoms with van der Waals surface area (Å²) in [6.07, 6.45) is 6.41. The predicted molar refractivity (Wildman–Crippen MR) is 91.6 cm³/mol. The number of aryl methyl sites for hydroxylation is 2. The van der Waals surface area contributed by atoms with Gasteiger partial charge in [0.2, 0.25) is 0 Å². The zero-order valence-corrected chi connectivity index (χ0v) is 13.1. The zero-order valence-electron chi connectivity index (χ0n) is 12.3. The summed E-state index contributed by atoms with van der Waals surface area (Å²) in [5.74, 6) is 2.28. The van der Waals surface area contributed by atoms with Crippen LogP contribution in [0.4, 0.5) is 0 Å². The Morgan fingerprint density at radius 1 is 1.10 bits per heavy atom. The van der Waals surface area contributed by atoms with E-state index in [1.54, 1.807) is 0 Å². The van der Waals surface area contributed by atoms with Crippen LogP contribution in [-0.2, 0) is 19.2 Å². The van der Waals surface area contributed by atoms with Gasteiger partial charge in [-0.3, -0.25) is 4.68 Å². The van der Waals surface area contributed by atoms with Crippen molar-refractivity contribution in [2.75, 3.05) is 5.75 Å². The predicted octanol–water partition coefficient (Wildman–Crippen LogP) is 4.44. The quantitative estimate of drug-likeness (QED) is 0.626. The molecule has 0 aliphatic carbocycles. The van der Waals surface area contributed by atoms with Crippen molar-refractivity contribution >= 4 is 22.5 Å². The fourth-order valence-electron chi connectivity index (χ4n) is 2.58. The Morgan fingerprint density at radius 2 is 1.95 bits per heavy atom. The summed E-state index contributed by atoms with van der Waals surface area (Å²) in [6.45, 7) is 0. The van der Waals surface area contributed by atoms with Gasteiger partial charge in [0, 0.05) is 19.0 Å². The van der Waals surface area contributed by atoms with Gasteiger partial charge < -0.3 is 0 Å². The topological polar surface area (TPSA) is 17.8 Å². The monoisotopic (exact) mass is 296 g/mol. The van der Waals surface area contributed by atoms with Crippen molar-refractivity contribution in [1.82, 2.24) is 9.78 Å². The summed E-state index contributed by atoms with van der Waals surface area (Å²) >= 11 is 2.02. The number of thioether (sulfide) groups is 1. The van der Waals surface area contributed by atoms with Crippen LogP contribution in [0, 0.1) is 0 Å². The number of fused-ring (bicyclic) bond motifs is 1. The Kier molecular flexibility index (Phi) is 4.61. The lowest BCUT2D eigenvalue weighted by atomic mass is 10.1. The van der Waals surface area contributed by atoms with Gasteiger partial charge in [0.1, 0.15) is 0 Å². The largest absolute Gasteiger partial charge is 0.276 e. The van der Waals surface area contributed by atoms with Gasteiger partial charge in [0.25, 0.3) is 0 Å². The van der Waals surface area contributed by atoms with Gasteiger partial charge in [-0.05, 0) is 40.5 Å². The standard InChI is InChI=1S/C18H20N2S/c1-20-13-15(12-19-20)6-5-11-21-14-17-9-4-8-16-7-2-3-10-18(16)17/h2-4,7-10,12-13H,5-6,11,14H2,1H3. The molecule has 1 aromatic heterocycles. The smallest absolute Gasteiger partial charge is 0.0521 e. The highest BCUT2D eigenvalue weighted by Gasteiger charge is 2.01. The number of rotatable bonds is 6. The van der Waals surface area contributed by atoms with E-state index in [4.69, 9.17) is 0 Å². The molecular formula is C18H20N2S. The van der Waals surface area contributed by atoms with E-state index in [1.165, 1.54) is 34.1 Å². The van der Waals surface area contributed by atoms with Gasteiger partial charge in [-0.1, -0.05) is 42.5 Å². The molecule has 1 heterocycles. The molecule has 108 valence electrons. The van der Waals surface area contributed by atoms with Crippen LogP contribution in [0.3, 0.4) is 0 Å². The minimum atomic E-state index is 1.09. The van der Waals surface area contributed by atoms with Gasteiger partial charge in [-0.2, -0.15) is 16.9 Å². The molecule has 0 N–H and O–H groups in total. The average Bonchev–Trinajstić information content (AvgIpc) is 2.92. The van der Waals surface area contributed by atoms with E-state index in [-0.39, 0.29) is 0 Å². The Morgan fingerprint density at radius 3 is 2.81 bits per heavy atom. The minimum Gasteiger partial charge on any atom is -0.276 e. The molecule has 0 amide bonds. The van der Waals surface area contributed by atoms with E-state index in [9.17, 15) is 0 Å². The Hall–Kier alpha value is -1.74. The number of aromatic nitrogens is 2. The summed E-state index contributed by atoms with van der Waals surface area (Å²) in [4.78, 5) is 0. The molecule has 0 aliphatic rings. The fraction of sp³-hybridized carbons (Fsp3) is 0.278. The Bertz CT molecular complexity index is 713. The molecule has 0 aliphatic heterocycles. The van der Waals surface area contributed by atoms with Crippen LogP contribution >= 0.6 is 11.8 Å². The van der Waals surface area contributed by atoms with Crippen molar-refractivity contribution in [2.24, 2.45) is 7.05 Å². The molecular weight excluding hydrogens is 276 g/mol. The lowest BCUT2D eigenvalue weighted by molar-refractivity contribution is 0.766. The van der Waals surface area contributed by atoms with Gasteiger partial charge in [-0.25, -0.2) is 0 Å². The first-order valence-corrected chi connectivity index (χ1v) is 8.50. The highest BCUT2D eigenvalue weighted by atomic mass is 32.2. The van der Waals surface area contributed by atoms with Crippen molar-refractivity contribution in [3.63, 3.8) is 0 Å². The number of nitrogens with zero attached hydrogens (tertiary/aromatic N) is 2. The maximum atomic E-state index is 4.21. The van der Waals surface area contributed by atoms with E-state index in [2.05, 4.69) is 53.8 Å². The lowest BCUT2D eigenvalue weighted by Crippen LogP contribution is -1.89. The average molecular weight is 296 g/mol. The molecule has 3 rings (SSSR count). The molecule has 0 bridgehead atoms. The van der Waals surface area contributed by atoms with Crippen LogP contribution in [0.25, 0.3) is 10.8 Å². The van der Waals surface area contributed by atoms with Crippen molar-refractivity contribution in [3.8, 4) is 0 Å². The van der Waals surface area contributed by atoms with Gasteiger partial charge >= 0.3 is 0 Å². The molecule has 0 fully saturated rings. The third kappa shape index (κ3) is 3.67. The van der Waals surface area contributed by atoms with Crippen LogP contribution < -0.4 is 0 Å². The van der Waals surface area contributed by atoms with Crippen LogP contribution in [0.15, 0.2) is 54.9 Å². The third-order valence-electron chi connectivity index (χ3n) is 3.65. The maximum absolute atomic E-state index is 4.21.